The van der Waals surface area contributed by atoms with Crippen LogP contribution >= 0.6 is 0 Å². The van der Waals surface area contributed by atoms with Crippen molar-refractivity contribution in [1.82, 2.24) is 15.1 Å². The van der Waals surface area contributed by atoms with E-state index in [0.29, 0.717) is 0 Å². The molecule has 0 spiro atoms. The minimum absolute atomic E-state index is 0.0965. The third kappa shape index (κ3) is 3.05. The van der Waals surface area contributed by atoms with E-state index < -0.39 is 0 Å². The molecule has 1 N–H and O–H groups in total. The molecule has 1 heterocycles. The molecule has 2 unspecified atom stereocenters. The first-order valence-electron chi connectivity index (χ1n) is 8.51. The topological polar surface area (TPSA) is 52.7 Å². The zero-order chi connectivity index (χ0) is 16.4. The highest BCUT2D eigenvalue weighted by molar-refractivity contribution is 5.96. The number of benzene rings is 1. The van der Waals surface area contributed by atoms with Crippen molar-refractivity contribution >= 4 is 12.1 Å². The normalized spacial score (nSPS) is 25.7. The standard InChI is InChI=1S/C18H25N3O2/c1-13-16(14-9-5-3-6-10-14)20(2)18(23)21(13)17(22)19-15-11-7-4-8-12-15/h3,5-6,9-10,13,15-16H,4,7-8,11-12H2,1-2H3,(H,19,22). The molecule has 0 bridgehead atoms. The first-order valence-corrected chi connectivity index (χ1v) is 8.51. The number of carbonyl (C=O) groups excluding carboxylic acids is 2. The highest BCUT2D eigenvalue weighted by Gasteiger charge is 2.45. The molecule has 4 amide bonds. The highest BCUT2D eigenvalue weighted by atomic mass is 16.2. The van der Waals surface area contributed by atoms with E-state index in [0.717, 1.165) is 31.2 Å². The Morgan fingerprint density at radius 2 is 1.78 bits per heavy atom. The number of rotatable bonds is 2. The van der Waals surface area contributed by atoms with Crippen LogP contribution in [0, 0.1) is 0 Å². The van der Waals surface area contributed by atoms with E-state index >= 15 is 0 Å². The van der Waals surface area contributed by atoms with Gasteiger partial charge in [-0.05, 0) is 25.3 Å². The van der Waals surface area contributed by atoms with Gasteiger partial charge in [-0.15, -0.1) is 0 Å². The van der Waals surface area contributed by atoms with E-state index in [1.807, 2.05) is 37.3 Å². The number of nitrogens with one attached hydrogen (secondary N) is 1. The number of hydrogen-bond donors (Lipinski definition) is 1. The molecule has 3 rings (SSSR count). The molecule has 124 valence electrons. The Kier molecular flexibility index (Phi) is 4.55. The summed E-state index contributed by atoms with van der Waals surface area (Å²) in [6.07, 6.45) is 5.58. The van der Waals surface area contributed by atoms with Gasteiger partial charge in [0.05, 0.1) is 12.1 Å². The summed E-state index contributed by atoms with van der Waals surface area (Å²) in [4.78, 5) is 28.2. The van der Waals surface area contributed by atoms with Crippen molar-refractivity contribution in [2.75, 3.05) is 7.05 Å². The summed E-state index contributed by atoms with van der Waals surface area (Å²) >= 11 is 0. The van der Waals surface area contributed by atoms with Crippen molar-refractivity contribution < 1.29 is 9.59 Å². The average Bonchev–Trinajstić information content (AvgIpc) is 2.79. The summed E-state index contributed by atoms with van der Waals surface area (Å²) in [6, 6.07) is 9.35. The maximum atomic E-state index is 12.6. The van der Waals surface area contributed by atoms with Crippen LogP contribution < -0.4 is 5.32 Å². The molecule has 2 atom stereocenters. The van der Waals surface area contributed by atoms with Gasteiger partial charge in [0.1, 0.15) is 0 Å². The van der Waals surface area contributed by atoms with E-state index in [1.54, 1.807) is 11.9 Å². The van der Waals surface area contributed by atoms with Crippen LogP contribution in [-0.4, -0.2) is 41.0 Å². The van der Waals surface area contributed by atoms with Crippen LogP contribution in [0.5, 0.6) is 0 Å². The minimum atomic E-state index is -0.250. The zero-order valence-corrected chi connectivity index (χ0v) is 13.9. The van der Waals surface area contributed by atoms with Gasteiger partial charge in [-0.25, -0.2) is 14.5 Å². The predicted octanol–water partition coefficient (Wildman–Crippen LogP) is 3.53. The van der Waals surface area contributed by atoms with Crippen LogP contribution in [0.2, 0.25) is 0 Å². The fourth-order valence-electron chi connectivity index (χ4n) is 3.84. The first kappa shape index (κ1) is 15.8. The zero-order valence-electron chi connectivity index (χ0n) is 13.9. The molecule has 1 saturated heterocycles. The van der Waals surface area contributed by atoms with Crippen molar-refractivity contribution in [3.05, 3.63) is 35.9 Å². The molecule has 0 aromatic heterocycles. The molecule has 5 heteroatoms. The number of nitrogens with zero attached hydrogens (tertiary/aromatic N) is 2. The lowest BCUT2D eigenvalue weighted by Gasteiger charge is -2.27. The molecule has 1 saturated carbocycles. The summed E-state index contributed by atoms with van der Waals surface area (Å²) in [6.45, 7) is 1.94. The average molecular weight is 315 g/mol. The van der Waals surface area contributed by atoms with Crippen molar-refractivity contribution in [2.24, 2.45) is 0 Å². The van der Waals surface area contributed by atoms with Gasteiger partial charge in [-0.3, -0.25) is 0 Å². The quantitative estimate of drug-likeness (QED) is 0.908. The third-order valence-electron chi connectivity index (χ3n) is 5.08. The van der Waals surface area contributed by atoms with Crippen LogP contribution in [0.15, 0.2) is 30.3 Å². The SMILES string of the molecule is CC1C(c2ccccc2)N(C)C(=O)N1C(=O)NC1CCCCC1. The monoisotopic (exact) mass is 315 g/mol. The Morgan fingerprint density at radius 1 is 1.13 bits per heavy atom. The lowest BCUT2D eigenvalue weighted by atomic mass is 9.95. The Bertz CT molecular complexity index is 569. The van der Waals surface area contributed by atoms with E-state index in [-0.39, 0.29) is 30.2 Å². The lowest BCUT2D eigenvalue weighted by molar-refractivity contribution is 0.179. The highest BCUT2D eigenvalue weighted by Crippen LogP contribution is 2.34. The Balaban J connectivity index is 1.74. The van der Waals surface area contributed by atoms with Crippen LogP contribution in [0.3, 0.4) is 0 Å². The van der Waals surface area contributed by atoms with Crippen LogP contribution in [0.4, 0.5) is 9.59 Å². The Morgan fingerprint density at radius 3 is 2.43 bits per heavy atom. The molecular weight excluding hydrogens is 290 g/mol. The minimum Gasteiger partial charge on any atom is -0.335 e. The molecule has 1 aromatic rings. The number of likely N-dealkylation sites (N-methyl/N-ethyl adjacent to an activating group) is 1. The van der Waals surface area contributed by atoms with E-state index in [9.17, 15) is 9.59 Å². The van der Waals surface area contributed by atoms with Gasteiger partial charge in [-0.2, -0.15) is 0 Å². The molecule has 5 nitrogen and oxygen atoms in total. The van der Waals surface area contributed by atoms with Crippen molar-refractivity contribution in [1.29, 1.82) is 0 Å². The summed E-state index contributed by atoms with van der Waals surface area (Å²) in [7, 11) is 1.77. The lowest BCUT2D eigenvalue weighted by Crippen LogP contribution is -2.49. The first-order chi connectivity index (χ1) is 11.1. The van der Waals surface area contributed by atoms with Crippen LogP contribution in [-0.2, 0) is 0 Å². The second kappa shape index (κ2) is 6.60. The molecule has 2 aliphatic rings. The third-order valence-corrected chi connectivity index (χ3v) is 5.08. The summed E-state index contributed by atoms with van der Waals surface area (Å²) in [5.41, 5.74) is 1.06. The molecule has 1 aromatic carbocycles. The molecule has 23 heavy (non-hydrogen) atoms. The summed E-state index contributed by atoms with van der Waals surface area (Å²) in [5.74, 6) is 0. The smallest absolute Gasteiger partial charge is 0.328 e. The van der Waals surface area contributed by atoms with E-state index in [2.05, 4.69) is 5.32 Å². The molecular formula is C18H25N3O2. The predicted molar refractivity (Wildman–Crippen MR) is 89.0 cm³/mol. The van der Waals surface area contributed by atoms with E-state index in [4.69, 9.17) is 0 Å². The van der Waals surface area contributed by atoms with Crippen molar-refractivity contribution in [3.63, 3.8) is 0 Å². The Labute approximate surface area is 137 Å². The number of imide groups is 1. The Hall–Kier alpha value is -2.04. The van der Waals surface area contributed by atoms with Gasteiger partial charge < -0.3 is 10.2 Å². The fraction of sp³-hybridized carbons (Fsp3) is 0.556. The second-order valence-electron chi connectivity index (χ2n) is 6.64. The van der Waals surface area contributed by atoms with Gasteiger partial charge in [-0.1, -0.05) is 49.6 Å². The van der Waals surface area contributed by atoms with Gasteiger partial charge in [0.2, 0.25) is 0 Å². The fourth-order valence-corrected chi connectivity index (χ4v) is 3.84. The van der Waals surface area contributed by atoms with Crippen molar-refractivity contribution in [2.45, 2.75) is 57.2 Å². The van der Waals surface area contributed by atoms with Gasteiger partial charge >= 0.3 is 12.1 Å². The molecule has 1 aliphatic carbocycles. The van der Waals surface area contributed by atoms with E-state index in [1.165, 1.54) is 11.3 Å². The molecule has 1 aliphatic heterocycles. The number of urea groups is 2. The summed E-state index contributed by atoms with van der Waals surface area (Å²) < 4.78 is 0. The second-order valence-corrected chi connectivity index (χ2v) is 6.64. The van der Waals surface area contributed by atoms with Crippen LogP contribution in [0.25, 0.3) is 0 Å². The van der Waals surface area contributed by atoms with Gasteiger partial charge in [0.25, 0.3) is 0 Å². The summed E-state index contributed by atoms with van der Waals surface area (Å²) in [5, 5.41) is 3.05. The largest absolute Gasteiger partial charge is 0.335 e. The van der Waals surface area contributed by atoms with Gasteiger partial charge in [0, 0.05) is 13.1 Å². The number of carbonyl (C=O) groups is 2. The molecule has 0 radical (unpaired) electrons. The van der Waals surface area contributed by atoms with Gasteiger partial charge in [0.15, 0.2) is 0 Å². The van der Waals surface area contributed by atoms with Crippen molar-refractivity contribution in [3.8, 4) is 0 Å². The maximum Gasteiger partial charge on any atom is 0.328 e. The molecule has 2 fully saturated rings. The number of hydrogen-bond acceptors (Lipinski definition) is 2. The maximum absolute atomic E-state index is 12.6. The number of amides is 4. The van der Waals surface area contributed by atoms with Crippen LogP contribution in [0.1, 0.15) is 50.6 Å².